The summed E-state index contributed by atoms with van der Waals surface area (Å²) < 4.78 is 0. The van der Waals surface area contributed by atoms with Crippen molar-refractivity contribution in [2.75, 3.05) is 0 Å². The van der Waals surface area contributed by atoms with Crippen LogP contribution in [0.4, 0.5) is 0 Å². The van der Waals surface area contributed by atoms with Gasteiger partial charge < -0.3 is 24.8 Å². The van der Waals surface area contributed by atoms with E-state index in [0.717, 1.165) is 6.42 Å². The molecule has 0 heterocycles. The van der Waals surface area contributed by atoms with Crippen LogP contribution in [0.25, 0.3) is 0 Å². The summed E-state index contributed by atoms with van der Waals surface area (Å²) in [5, 5.41) is 0. The maximum atomic E-state index is 3.48. The summed E-state index contributed by atoms with van der Waals surface area (Å²) in [6.45, 7) is 13.6. The minimum atomic E-state index is 0. The minimum Gasteiger partial charge on any atom is -1.00 e. The molecule has 1 radical (unpaired) electrons. The Bertz CT molecular complexity index is 237. The van der Waals surface area contributed by atoms with E-state index in [1.165, 1.54) is 11.1 Å². The summed E-state index contributed by atoms with van der Waals surface area (Å²) in [6.07, 6.45) is 6.80. The molecule has 91 valence electrons. The summed E-state index contributed by atoms with van der Waals surface area (Å²) in [6, 6.07) is 0. The molecule has 0 aliphatic heterocycles. The zero-order valence-corrected chi connectivity index (χ0v) is 14.1. The van der Waals surface area contributed by atoms with Crippen molar-refractivity contribution in [3.8, 4) is 0 Å². The molecule has 1 aliphatic rings. The smallest absolute Gasteiger partial charge is 1.00 e. The molecule has 3 heteroatoms. The van der Waals surface area contributed by atoms with Crippen LogP contribution in [-0.4, -0.2) is 0 Å². The van der Waals surface area contributed by atoms with Gasteiger partial charge in [-0.1, -0.05) is 47.0 Å². The molecule has 0 aromatic carbocycles. The van der Waals surface area contributed by atoms with Crippen LogP contribution in [0.2, 0.25) is 0 Å². The molecule has 0 N–H and O–H groups in total. The summed E-state index contributed by atoms with van der Waals surface area (Å²) in [7, 11) is 0. The van der Waals surface area contributed by atoms with Gasteiger partial charge in [-0.15, -0.1) is 6.42 Å². The Morgan fingerprint density at radius 3 is 1.62 bits per heavy atom. The zero-order chi connectivity index (χ0) is 10.3. The van der Waals surface area contributed by atoms with E-state index in [1.54, 1.807) is 0 Å². The van der Waals surface area contributed by atoms with Crippen LogP contribution >= 0.6 is 0 Å². The Labute approximate surface area is 128 Å². The molecule has 0 bridgehead atoms. The Morgan fingerprint density at radius 2 is 1.38 bits per heavy atom. The second-order valence-corrected chi connectivity index (χ2v) is 5.87. The van der Waals surface area contributed by atoms with Gasteiger partial charge in [-0.05, 0) is 5.41 Å². The van der Waals surface area contributed by atoms with Gasteiger partial charge in [0.25, 0.3) is 0 Å². The Hall–Kier alpha value is 0.774. The molecule has 0 amide bonds. The van der Waals surface area contributed by atoms with Crippen molar-refractivity contribution in [3.05, 3.63) is 23.3 Å². The first kappa shape index (κ1) is 22.0. The molecule has 0 saturated heterocycles. The molecule has 0 nitrogen and oxygen atoms in total. The molecule has 1 aliphatic carbocycles. The molecule has 0 aromatic rings. The Balaban J connectivity index is -0.000000563. The average Bonchev–Trinajstić information content (AvgIpc) is 2.27. The minimum absolute atomic E-state index is 0. The van der Waals surface area contributed by atoms with Crippen LogP contribution in [0.5, 0.6) is 0 Å². The van der Waals surface area contributed by atoms with Crippen LogP contribution in [0, 0.1) is 16.9 Å². The molecule has 0 spiro atoms. The fraction of sp³-hybridized carbons (Fsp3) is 0.692. The quantitative estimate of drug-likeness (QED) is 0.363. The summed E-state index contributed by atoms with van der Waals surface area (Å²) in [5.41, 5.74) is 3.42. The largest absolute Gasteiger partial charge is 3.00 e. The van der Waals surface area contributed by atoms with Gasteiger partial charge in [0, 0.05) is 0 Å². The van der Waals surface area contributed by atoms with E-state index >= 15 is 0 Å². The van der Waals surface area contributed by atoms with Crippen LogP contribution in [0.15, 0.2) is 17.2 Å². The molecule has 0 unspecified atom stereocenters. The van der Waals surface area contributed by atoms with Gasteiger partial charge in [-0.25, -0.2) is 5.57 Å². The summed E-state index contributed by atoms with van der Waals surface area (Å²) in [4.78, 5) is 0. The van der Waals surface area contributed by atoms with Crippen molar-refractivity contribution < 1.29 is 46.5 Å². The van der Waals surface area contributed by atoms with Gasteiger partial charge in [0.2, 0.25) is 0 Å². The first-order valence-electron chi connectivity index (χ1n) is 5.05. The number of rotatable bonds is 0. The fourth-order valence-electron chi connectivity index (χ4n) is 1.80. The van der Waals surface area contributed by atoms with E-state index in [9.17, 15) is 0 Å². The zero-order valence-electron chi connectivity index (χ0n) is 11.0. The van der Waals surface area contributed by atoms with Crippen molar-refractivity contribution in [1.82, 2.24) is 0 Å². The van der Waals surface area contributed by atoms with Gasteiger partial charge in [0.05, 0.1) is 0 Å². The first-order valence-corrected chi connectivity index (χ1v) is 5.05. The van der Waals surface area contributed by atoms with Gasteiger partial charge in [-0.2, -0.15) is 11.6 Å². The molecule has 0 aromatic heterocycles. The van der Waals surface area contributed by atoms with Crippen LogP contribution < -0.4 is 24.8 Å². The van der Waals surface area contributed by atoms with Crippen LogP contribution in [0.1, 0.15) is 48.0 Å². The topological polar surface area (TPSA) is 0 Å². The predicted molar refractivity (Wildman–Crippen MR) is 58.4 cm³/mol. The second kappa shape index (κ2) is 7.26. The second-order valence-electron chi connectivity index (χ2n) is 5.87. The van der Waals surface area contributed by atoms with Crippen molar-refractivity contribution in [1.29, 1.82) is 0 Å². The van der Waals surface area contributed by atoms with Crippen molar-refractivity contribution in [2.24, 2.45) is 10.8 Å². The monoisotopic (exact) mass is 295 g/mol. The van der Waals surface area contributed by atoms with Gasteiger partial charge in [-0.3, -0.25) is 6.08 Å². The van der Waals surface area contributed by atoms with E-state index in [2.05, 4.69) is 53.7 Å². The van der Waals surface area contributed by atoms with Gasteiger partial charge in [0.15, 0.2) is 0 Å². The van der Waals surface area contributed by atoms with E-state index in [0.29, 0.717) is 0 Å². The van der Waals surface area contributed by atoms with E-state index in [-0.39, 0.29) is 57.4 Å². The van der Waals surface area contributed by atoms with Crippen molar-refractivity contribution in [3.63, 3.8) is 0 Å². The third-order valence-electron chi connectivity index (χ3n) is 2.41. The average molecular weight is 296 g/mol. The standard InChI is InChI=1S/C13H21.2ClH.Ti/c1-12(2,3)10-8-7-9-11(10)13(4,5)6;;;/h8H,7H2,1-6H3;2*1H;/q-1;;;+3/p-2. The third-order valence-corrected chi connectivity index (χ3v) is 2.41. The Kier molecular flexibility index (Phi) is 9.99. The number of hydrogen-bond acceptors (Lipinski definition) is 0. The van der Waals surface area contributed by atoms with E-state index in [1.807, 2.05) is 0 Å². The number of allylic oxidation sites excluding steroid dienone is 4. The Morgan fingerprint density at radius 1 is 0.938 bits per heavy atom. The van der Waals surface area contributed by atoms with Crippen molar-refractivity contribution in [2.45, 2.75) is 48.0 Å². The maximum absolute atomic E-state index is 3.48. The summed E-state index contributed by atoms with van der Waals surface area (Å²) in [5.74, 6) is 0. The fourth-order valence-corrected chi connectivity index (χ4v) is 1.80. The van der Waals surface area contributed by atoms with Crippen LogP contribution in [0.3, 0.4) is 0 Å². The van der Waals surface area contributed by atoms with Gasteiger partial charge >= 0.3 is 21.7 Å². The normalized spacial score (nSPS) is 15.1. The molecule has 0 fully saturated rings. The van der Waals surface area contributed by atoms with Gasteiger partial charge in [0.1, 0.15) is 0 Å². The third kappa shape index (κ3) is 5.40. The number of hydrogen-bond donors (Lipinski definition) is 0. The molecular formula is C13H21Cl2Ti. The molecule has 0 saturated carbocycles. The van der Waals surface area contributed by atoms with E-state index in [4.69, 9.17) is 0 Å². The molecular weight excluding hydrogens is 275 g/mol. The van der Waals surface area contributed by atoms with Crippen molar-refractivity contribution >= 4 is 0 Å². The predicted octanol–water partition coefficient (Wildman–Crippen LogP) is -1.86. The first-order chi connectivity index (χ1) is 5.73. The summed E-state index contributed by atoms with van der Waals surface area (Å²) >= 11 is 0. The SMILES string of the molecule is CC(C)(C)C1=[C-]CC=C1C(C)(C)C.[Cl-].[Cl-].[Ti+3]. The number of halogens is 2. The maximum Gasteiger partial charge on any atom is 3.00 e. The molecule has 1 rings (SSSR count). The van der Waals surface area contributed by atoms with Crippen LogP contribution in [-0.2, 0) is 21.7 Å². The molecule has 0 atom stereocenters. The molecule has 16 heavy (non-hydrogen) atoms. The van der Waals surface area contributed by atoms with E-state index < -0.39 is 0 Å².